The van der Waals surface area contributed by atoms with Crippen molar-refractivity contribution in [2.75, 3.05) is 13.2 Å². The van der Waals surface area contributed by atoms with E-state index in [0.717, 1.165) is 47.4 Å². The van der Waals surface area contributed by atoms with Gasteiger partial charge in [-0.1, -0.05) is 44.2 Å². The zero-order valence-electron chi connectivity index (χ0n) is 19.4. The fraction of sp³-hybridized carbons (Fsp3) is 0.556. The number of ether oxygens (including phenoxy) is 2. The molecule has 1 aromatic heterocycles. The summed E-state index contributed by atoms with van der Waals surface area (Å²) in [5.41, 5.74) is 4.16. The van der Waals surface area contributed by atoms with Crippen LogP contribution in [0.4, 0.5) is 0 Å². The Morgan fingerprint density at radius 1 is 1.03 bits per heavy atom. The number of H-pyrrole nitrogens is 1. The van der Waals surface area contributed by atoms with Crippen molar-refractivity contribution < 1.29 is 19.1 Å². The van der Waals surface area contributed by atoms with E-state index in [1.165, 1.54) is 32.1 Å². The smallest absolute Gasteiger partial charge is 0.355 e. The molecule has 0 saturated heterocycles. The highest BCUT2D eigenvalue weighted by atomic mass is 16.5. The molecule has 5 nitrogen and oxygen atoms in total. The minimum absolute atomic E-state index is 0.102. The Hall–Kier alpha value is -2.56. The van der Waals surface area contributed by atoms with E-state index >= 15 is 0 Å². The number of hydrogen-bond acceptors (Lipinski definition) is 4. The molecule has 1 N–H and O–H groups in total. The quantitative estimate of drug-likeness (QED) is 0.513. The molecule has 1 unspecified atom stereocenters. The summed E-state index contributed by atoms with van der Waals surface area (Å²) in [6.45, 7) is 4.74. The predicted molar refractivity (Wildman–Crippen MR) is 125 cm³/mol. The molecule has 4 rings (SSSR count). The monoisotopic (exact) mass is 437 g/mol. The zero-order chi connectivity index (χ0) is 22.5. The number of nitrogens with one attached hydrogen (secondary N) is 1. The second-order valence-electron chi connectivity index (χ2n) is 9.13. The molecule has 2 aliphatic rings. The van der Waals surface area contributed by atoms with Crippen LogP contribution in [-0.2, 0) is 17.6 Å². The van der Waals surface area contributed by atoms with Crippen LogP contribution >= 0.6 is 0 Å². The lowest BCUT2D eigenvalue weighted by molar-refractivity contribution is 0.0518. The fourth-order valence-corrected chi connectivity index (χ4v) is 5.42. The number of rotatable bonds is 8. The first-order valence-corrected chi connectivity index (χ1v) is 12.3. The largest absolute Gasteiger partial charge is 0.494 e. The van der Waals surface area contributed by atoms with Gasteiger partial charge in [0.05, 0.1) is 13.2 Å². The first-order valence-electron chi connectivity index (χ1n) is 12.3. The first kappa shape index (κ1) is 22.6. The normalized spacial score (nSPS) is 18.9. The van der Waals surface area contributed by atoms with E-state index in [1.807, 2.05) is 38.1 Å². The van der Waals surface area contributed by atoms with Gasteiger partial charge in [-0.2, -0.15) is 0 Å². The molecular weight excluding hydrogens is 402 g/mol. The second-order valence-corrected chi connectivity index (χ2v) is 9.13. The van der Waals surface area contributed by atoms with Crippen LogP contribution < -0.4 is 4.74 Å². The van der Waals surface area contributed by atoms with Gasteiger partial charge in [0, 0.05) is 17.7 Å². The molecule has 1 heterocycles. The van der Waals surface area contributed by atoms with Crippen molar-refractivity contribution >= 4 is 11.8 Å². The number of carbonyl (C=O) groups excluding carboxylic acids is 2. The van der Waals surface area contributed by atoms with Crippen LogP contribution in [0.3, 0.4) is 0 Å². The van der Waals surface area contributed by atoms with Crippen LogP contribution in [0, 0.1) is 5.92 Å². The molecule has 0 radical (unpaired) electrons. The third-order valence-electron chi connectivity index (χ3n) is 7.01. The number of Topliss-reactive ketones (excluding diaryl/α,β-unsaturated/α-hetero) is 1. The van der Waals surface area contributed by atoms with Gasteiger partial charge in [-0.3, -0.25) is 4.79 Å². The topological polar surface area (TPSA) is 68.4 Å². The molecule has 1 saturated carbocycles. The average Bonchev–Trinajstić information content (AvgIpc) is 3.18. The number of benzene rings is 1. The van der Waals surface area contributed by atoms with Gasteiger partial charge < -0.3 is 14.5 Å². The third-order valence-corrected chi connectivity index (χ3v) is 7.01. The van der Waals surface area contributed by atoms with Crippen molar-refractivity contribution in [3.63, 3.8) is 0 Å². The summed E-state index contributed by atoms with van der Waals surface area (Å²) in [7, 11) is 0. The van der Waals surface area contributed by atoms with Crippen molar-refractivity contribution in [3.8, 4) is 5.75 Å². The number of carbonyl (C=O) groups is 2. The van der Waals surface area contributed by atoms with Crippen LogP contribution in [0.1, 0.15) is 102 Å². The van der Waals surface area contributed by atoms with Crippen molar-refractivity contribution in [1.82, 2.24) is 4.98 Å². The van der Waals surface area contributed by atoms with E-state index in [1.54, 1.807) is 0 Å². The molecule has 0 bridgehead atoms. The molecule has 1 aromatic carbocycles. The minimum atomic E-state index is -0.342. The Morgan fingerprint density at radius 3 is 2.47 bits per heavy atom. The van der Waals surface area contributed by atoms with Gasteiger partial charge in [-0.15, -0.1) is 0 Å². The number of aromatic amines is 1. The third kappa shape index (κ3) is 4.92. The van der Waals surface area contributed by atoms with E-state index in [9.17, 15) is 9.59 Å². The highest BCUT2D eigenvalue weighted by molar-refractivity contribution is 6.03. The first-order chi connectivity index (χ1) is 15.6. The number of ketones is 1. The summed E-state index contributed by atoms with van der Waals surface area (Å²) in [6.07, 6.45) is 9.44. The summed E-state index contributed by atoms with van der Waals surface area (Å²) in [4.78, 5) is 29.3. The Balaban J connectivity index is 1.58. The van der Waals surface area contributed by atoms with Crippen LogP contribution in [0.15, 0.2) is 24.3 Å². The molecule has 0 spiro atoms. The summed E-state index contributed by atoms with van der Waals surface area (Å²) >= 11 is 0. The van der Waals surface area contributed by atoms with Crippen molar-refractivity contribution in [2.45, 2.75) is 77.6 Å². The molecular formula is C27H35NO4. The molecule has 32 heavy (non-hydrogen) atoms. The van der Waals surface area contributed by atoms with E-state index < -0.39 is 0 Å². The summed E-state index contributed by atoms with van der Waals surface area (Å²) in [5.74, 6) is 1.43. The van der Waals surface area contributed by atoms with Gasteiger partial charge in [-0.05, 0) is 68.2 Å². The Bertz CT molecular complexity index is 937. The van der Waals surface area contributed by atoms with Gasteiger partial charge in [0.1, 0.15) is 11.4 Å². The van der Waals surface area contributed by atoms with Gasteiger partial charge in [-0.25, -0.2) is 4.79 Å². The second kappa shape index (κ2) is 10.4. The molecule has 2 aliphatic carbocycles. The van der Waals surface area contributed by atoms with Crippen molar-refractivity contribution in [2.24, 2.45) is 5.92 Å². The number of aromatic nitrogens is 1. The molecule has 1 fully saturated rings. The standard InChI is InChI=1S/C27H35NO4/c1-3-31-21-13-11-19(12-14-21)20-16-23-25(24(29)17-20)22(26(28-23)27(30)32-4-2)15-10-18-8-6-5-7-9-18/h11-14,18,20,28H,3-10,15-17H2,1-2H3. The summed E-state index contributed by atoms with van der Waals surface area (Å²) in [6, 6.07) is 8.03. The van der Waals surface area contributed by atoms with E-state index in [2.05, 4.69) is 4.98 Å². The van der Waals surface area contributed by atoms with Gasteiger partial charge in [0.2, 0.25) is 0 Å². The number of hydrogen-bond donors (Lipinski definition) is 1. The Morgan fingerprint density at radius 2 is 1.78 bits per heavy atom. The Kier molecular flexibility index (Phi) is 7.33. The van der Waals surface area contributed by atoms with E-state index in [0.29, 0.717) is 31.2 Å². The van der Waals surface area contributed by atoms with Crippen molar-refractivity contribution in [1.29, 1.82) is 0 Å². The number of esters is 1. The number of fused-ring (bicyclic) bond motifs is 1. The molecule has 0 aliphatic heterocycles. The lowest BCUT2D eigenvalue weighted by atomic mass is 9.80. The average molecular weight is 438 g/mol. The minimum Gasteiger partial charge on any atom is -0.494 e. The van der Waals surface area contributed by atoms with Crippen LogP contribution in [0.25, 0.3) is 0 Å². The maximum Gasteiger partial charge on any atom is 0.355 e. The summed E-state index contributed by atoms with van der Waals surface area (Å²) < 4.78 is 10.9. The van der Waals surface area contributed by atoms with Gasteiger partial charge in [0.15, 0.2) is 5.78 Å². The summed E-state index contributed by atoms with van der Waals surface area (Å²) in [5, 5.41) is 0. The molecule has 172 valence electrons. The van der Waals surface area contributed by atoms with Crippen molar-refractivity contribution in [3.05, 3.63) is 52.3 Å². The molecule has 5 heteroatoms. The molecule has 1 atom stereocenters. The molecule has 2 aromatic rings. The fourth-order valence-electron chi connectivity index (χ4n) is 5.42. The lowest BCUT2D eigenvalue weighted by Gasteiger charge is -2.24. The lowest BCUT2D eigenvalue weighted by Crippen LogP contribution is -2.19. The highest BCUT2D eigenvalue weighted by Gasteiger charge is 2.34. The van der Waals surface area contributed by atoms with Gasteiger partial charge >= 0.3 is 5.97 Å². The zero-order valence-corrected chi connectivity index (χ0v) is 19.4. The predicted octanol–water partition coefficient (Wildman–Crippen LogP) is 6.02. The Labute approximate surface area is 190 Å². The van der Waals surface area contributed by atoms with Crippen LogP contribution in [-0.4, -0.2) is 30.0 Å². The molecule has 0 amide bonds. The SMILES string of the molecule is CCOC(=O)c1[nH]c2c(c1CCC1CCCCC1)C(=O)CC(c1ccc(OCC)cc1)C2. The van der Waals surface area contributed by atoms with E-state index in [-0.39, 0.29) is 17.7 Å². The van der Waals surface area contributed by atoms with Crippen LogP contribution in [0.5, 0.6) is 5.75 Å². The highest BCUT2D eigenvalue weighted by Crippen LogP contribution is 2.37. The van der Waals surface area contributed by atoms with Gasteiger partial charge in [0.25, 0.3) is 0 Å². The maximum atomic E-state index is 13.3. The van der Waals surface area contributed by atoms with Crippen LogP contribution in [0.2, 0.25) is 0 Å². The maximum absolute atomic E-state index is 13.3. The van der Waals surface area contributed by atoms with E-state index in [4.69, 9.17) is 9.47 Å².